The van der Waals surface area contributed by atoms with E-state index in [0.29, 0.717) is 40.0 Å². The van der Waals surface area contributed by atoms with Gasteiger partial charge < -0.3 is 9.30 Å². The number of methoxy groups -OCH3 is 1. The molecule has 2 heterocycles. The number of amides is 1. The Morgan fingerprint density at radius 3 is 2.55 bits per heavy atom. The summed E-state index contributed by atoms with van der Waals surface area (Å²) in [6.07, 6.45) is 3.93. The smallest absolute Gasteiger partial charge is 0.337 e. The first-order chi connectivity index (χ1) is 18.5. The van der Waals surface area contributed by atoms with Gasteiger partial charge in [-0.3, -0.25) is 9.69 Å². The molecule has 1 amide bonds. The standard InChI is InChI=1S/C30H24N4O3S/c1-3-34-28(35)27(38-30(34)32-24-14-12-20(13-15-24)29(36)37-2)16-23-19-33(26-11-7-6-10-25(23)26)18-22-9-5-4-8-21(22)17-31/h4-16,19H,3,18H2,1-2H3/b27-16+,32-30?. The first-order valence-electron chi connectivity index (χ1n) is 12.1. The molecule has 0 bridgehead atoms. The van der Waals surface area contributed by atoms with Crippen molar-refractivity contribution in [3.63, 3.8) is 0 Å². The minimum Gasteiger partial charge on any atom is -0.465 e. The predicted molar refractivity (Wildman–Crippen MR) is 150 cm³/mol. The second kappa shape index (κ2) is 10.8. The van der Waals surface area contributed by atoms with Crippen molar-refractivity contribution in [1.82, 2.24) is 9.47 Å². The lowest BCUT2D eigenvalue weighted by Gasteiger charge is -2.12. The highest BCUT2D eigenvalue weighted by molar-refractivity contribution is 8.18. The van der Waals surface area contributed by atoms with Crippen LogP contribution in [0.1, 0.15) is 34.0 Å². The molecule has 38 heavy (non-hydrogen) atoms. The van der Waals surface area contributed by atoms with Gasteiger partial charge in [-0.05, 0) is 66.7 Å². The van der Waals surface area contributed by atoms with Crippen LogP contribution in [0.5, 0.6) is 0 Å². The normalized spacial score (nSPS) is 15.4. The number of ether oxygens (including phenoxy) is 1. The number of aliphatic imine (C=N–C) groups is 1. The summed E-state index contributed by atoms with van der Waals surface area (Å²) in [5.74, 6) is -0.514. The Morgan fingerprint density at radius 2 is 1.82 bits per heavy atom. The molecule has 3 aromatic carbocycles. The molecule has 0 saturated carbocycles. The number of benzene rings is 3. The van der Waals surface area contributed by atoms with Gasteiger partial charge in [-0.1, -0.05) is 36.4 Å². The fourth-order valence-corrected chi connectivity index (χ4v) is 5.44. The number of hydrogen-bond donors (Lipinski definition) is 0. The summed E-state index contributed by atoms with van der Waals surface area (Å²) in [4.78, 5) is 31.9. The molecule has 1 aliphatic rings. The Kier molecular flexibility index (Phi) is 7.11. The summed E-state index contributed by atoms with van der Waals surface area (Å²) >= 11 is 1.33. The van der Waals surface area contributed by atoms with E-state index in [4.69, 9.17) is 4.74 Å². The average molecular weight is 521 g/mol. The molecular weight excluding hydrogens is 496 g/mol. The molecule has 1 aliphatic heterocycles. The van der Waals surface area contributed by atoms with Gasteiger partial charge in [-0.15, -0.1) is 0 Å². The zero-order chi connectivity index (χ0) is 26.6. The SMILES string of the molecule is CCN1C(=O)/C(=C\c2cn(Cc3ccccc3C#N)c3ccccc23)SC1=Nc1ccc(C(=O)OC)cc1. The molecule has 188 valence electrons. The van der Waals surface area contributed by atoms with Crippen molar-refractivity contribution in [3.05, 3.63) is 106 Å². The molecule has 0 radical (unpaired) electrons. The molecule has 0 atom stereocenters. The number of esters is 1. The number of rotatable bonds is 6. The topological polar surface area (TPSA) is 87.7 Å². The van der Waals surface area contributed by atoms with Crippen LogP contribution in [0.15, 0.2) is 88.9 Å². The van der Waals surface area contributed by atoms with Crippen molar-refractivity contribution < 1.29 is 14.3 Å². The second-order valence-corrected chi connectivity index (χ2v) is 9.60. The molecule has 4 aromatic rings. The van der Waals surface area contributed by atoms with Gasteiger partial charge in [0.1, 0.15) is 0 Å². The lowest BCUT2D eigenvalue weighted by atomic mass is 10.1. The van der Waals surface area contributed by atoms with Crippen molar-refractivity contribution in [2.75, 3.05) is 13.7 Å². The summed E-state index contributed by atoms with van der Waals surface area (Å²) in [5.41, 5.74) is 4.60. The quantitative estimate of drug-likeness (QED) is 0.231. The van der Waals surface area contributed by atoms with Crippen LogP contribution in [-0.2, 0) is 16.1 Å². The Balaban J connectivity index is 1.49. The van der Waals surface area contributed by atoms with Gasteiger partial charge in [0.2, 0.25) is 0 Å². The third-order valence-electron chi connectivity index (χ3n) is 6.30. The zero-order valence-corrected chi connectivity index (χ0v) is 21.7. The van der Waals surface area contributed by atoms with E-state index in [1.54, 1.807) is 29.2 Å². The monoisotopic (exact) mass is 520 g/mol. The minimum absolute atomic E-state index is 0.103. The highest BCUT2D eigenvalue weighted by Gasteiger charge is 2.32. The van der Waals surface area contributed by atoms with Crippen LogP contribution in [0.3, 0.4) is 0 Å². The van der Waals surface area contributed by atoms with E-state index >= 15 is 0 Å². The zero-order valence-electron chi connectivity index (χ0n) is 20.9. The molecular formula is C30H24N4O3S. The number of nitriles is 1. The third-order valence-corrected chi connectivity index (χ3v) is 7.31. The number of likely N-dealkylation sites (N-methyl/N-ethyl adjacent to an activating group) is 1. The Morgan fingerprint density at radius 1 is 1.08 bits per heavy atom. The van der Waals surface area contributed by atoms with Crippen molar-refractivity contribution in [2.45, 2.75) is 13.5 Å². The van der Waals surface area contributed by atoms with E-state index < -0.39 is 5.97 Å². The van der Waals surface area contributed by atoms with Crippen LogP contribution in [0.4, 0.5) is 5.69 Å². The van der Waals surface area contributed by atoms with Gasteiger partial charge in [0.25, 0.3) is 5.91 Å². The van der Waals surface area contributed by atoms with Crippen LogP contribution in [0, 0.1) is 11.3 Å². The van der Waals surface area contributed by atoms with Gasteiger partial charge in [0, 0.05) is 35.8 Å². The van der Waals surface area contributed by atoms with E-state index in [1.807, 2.05) is 67.7 Å². The predicted octanol–water partition coefficient (Wildman–Crippen LogP) is 5.97. The van der Waals surface area contributed by atoms with E-state index in [9.17, 15) is 14.9 Å². The average Bonchev–Trinajstić information content (AvgIpc) is 3.45. The van der Waals surface area contributed by atoms with Crippen LogP contribution in [0.25, 0.3) is 17.0 Å². The number of hydrogen-bond acceptors (Lipinski definition) is 6. The van der Waals surface area contributed by atoms with Gasteiger partial charge in [0.05, 0.1) is 34.9 Å². The maximum Gasteiger partial charge on any atom is 0.337 e. The number of para-hydroxylation sites is 1. The summed E-state index contributed by atoms with van der Waals surface area (Å²) in [6, 6.07) is 24.6. The molecule has 5 rings (SSSR count). The Labute approximate surface area is 224 Å². The summed E-state index contributed by atoms with van der Waals surface area (Å²) in [7, 11) is 1.34. The number of thioether (sulfide) groups is 1. The van der Waals surface area contributed by atoms with Crippen LogP contribution >= 0.6 is 11.8 Å². The number of carbonyl (C=O) groups is 2. The van der Waals surface area contributed by atoms with Crippen molar-refractivity contribution in [2.24, 2.45) is 4.99 Å². The van der Waals surface area contributed by atoms with Crippen LogP contribution in [0.2, 0.25) is 0 Å². The number of aromatic nitrogens is 1. The maximum absolute atomic E-state index is 13.3. The van der Waals surface area contributed by atoms with E-state index in [2.05, 4.69) is 15.6 Å². The molecule has 0 N–H and O–H groups in total. The highest BCUT2D eigenvalue weighted by Crippen LogP contribution is 2.35. The molecule has 0 spiro atoms. The summed E-state index contributed by atoms with van der Waals surface area (Å²) in [5, 5.41) is 11.1. The Hall–Kier alpha value is -4.61. The molecule has 1 aromatic heterocycles. The van der Waals surface area contributed by atoms with Gasteiger partial charge in [0.15, 0.2) is 5.17 Å². The number of nitrogens with zero attached hydrogens (tertiary/aromatic N) is 4. The first kappa shape index (κ1) is 25.1. The lowest BCUT2D eigenvalue weighted by molar-refractivity contribution is -0.122. The first-order valence-corrected chi connectivity index (χ1v) is 12.9. The fraction of sp³-hybridized carbons (Fsp3) is 0.133. The van der Waals surface area contributed by atoms with E-state index in [0.717, 1.165) is 22.0 Å². The molecule has 0 unspecified atom stereocenters. The second-order valence-electron chi connectivity index (χ2n) is 8.59. The van der Waals surface area contributed by atoms with Gasteiger partial charge >= 0.3 is 5.97 Å². The third kappa shape index (κ3) is 4.84. The lowest BCUT2D eigenvalue weighted by Crippen LogP contribution is -2.28. The van der Waals surface area contributed by atoms with Crippen LogP contribution < -0.4 is 0 Å². The Bertz CT molecular complexity index is 1640. The summed E-state index contributed by atoms with van der Waals surface area (Å²) < 4.78 is 6.86. The van der Waals surface area contributed by atoms with Gasteiger partial charge in [-0.2, -0.15) is 5.26 Å². The number of amidine groups is 1. The van der Waals surface area contributed by atoms with Gasteiger partial charge in [-0.25, -0.2) is 9.79 Å². The summed E-state index contributed by atoms with van der Waals surface area (Å²) in [6.45, 7) is 2.94. The molecule has 0 aliphatic carbocycles. The molecule has 1 fully saturated rings. The highest BCUT2D eigenvalue weighted by atomic mass is 32.2. The molecule has 7 nitrogen and oxygen atoms in total. The van der Waals surface area contributed by atoms with Crippen LogP contribution in [-0.4, -0.2) is 40.2 Å². The maximum atomic E-state index is 13.3. The minimum atomic E-state index is -0.412. The van der Waals surface area contributed by atoms with Crippen molar-refractivity contribution >= 4 is 51.5 Å². The van der Waals surface area contributed by atoms with Crippen molar-refractivity contribution in [3.8, 4) is 6.07 Å². The van der Waals surface area contributed by atoms with E-state index in [1.165, 1.54) is 18.9 Å². The number of fused-ring (bicyclic) bond motifs is 1. The fourth-order valence-electron chi connectivity index (χ4n) is 4.38. The van der Waals surface area contributed by atoms with Crippen molar-refractivity contribution in [1.29, 1.82) is 5.26 Å². The van der Waals surface area contributed by atoms with E-state index in [-0.39, 0.29) is 5.91 Å². The number of carbonyl (C=O) groups excluding carboxylic acids is 2. The molecule has 8 heteroatoms. The molecule has 1 saturated heterocycles. The largest absolute Gasteiger partial charge is 0.465 e.